The zero-order valence-electron chi connectivity index (χ0n) is 7.12. The fourth-order valence-electron chi connectivity index (χ4n) is 1.31. The van der Waals surface area contributed by atoms with E-state index < -0.39 is 0 Å². The van der Waals surface area contributed by atoms with Gasteiger partial charge in [0.1, 0.15) is 0 Å². The van der Waals surface area contributed by atoms with Gasteiger partial charge in [-0.25, -0.2) is 0 Å². The first-order chi connectivity index (χ1) is 5.77. The van der Waals surface area contributed by atoms with Crippen LogP contribution in [0.3, 0.4) is 0 Å². The van der Waals surface area contributed by atoms with Crippen molar-refractivity contribution in [1.29, 1.82) is 0 Å². The first-order valence-electron chi connectivity index (χ1n) is 4.17. The van der Waals surface area contributed by atoms with Crippen LogP contribution >= 0.6 is 0 Å². The van der Waals surface area contributed by atoms with Gasteiger partial charge in [0.05, 0.1) is 18.0 Å². The van der Waals surface area contributed by atoms with E-state index in [1.165, 1.54) is 0 Å². The van der Waals surface area contributed by atoms with Crippen molar-refractivity contribution < 1.29 is 5.11 Å². The number of aliphatic hydroxyl groups excluding tert-OH is 1. The number of aryl methyl sites for hydroxylation is 1. The quantitative estimate of drug-likeness (QED) is 0.703. The van der Waals surface area contributed by atoms with Gasteiger partial charge in [-0.3, -0.25) is 9.97 Å². The first kappa shape index (κ1) is 7.68. The van der Waals surface area contributed by atoms with Gasteiger partial charge in [-0.2, -0.15) is 0 Å². The lowest BCUT2D eigenvalue weighted by Gasteiger charge is -2.09. The Bertz CT molecular complexity index is 277. The molecule has 64 valence electrons. The average molecular weight is 164 g/mol. The Morgan fingerprint density at radius 3 is 2.58 bits per heavy atom. The summed E-state index contributed by atoms with van der Waals surface area (Å²) in [5, 5.41) is 9.11. The molecule has 12 heavy (non-hydrogen) atoms. The van der Waals surface area contributed by atoms with Gasteiger partial charge in [0.2, 0.25) is 0 Å². The highest BCUT2D eigenvalue weighted by atomic mass is 16.3. The van der Waals surface area contributed by atoms with Gasteiger partial charge in [-0.15, -0.1) is 0 Å². The van der Waals surface area contributed by atoms with Crippen molar-refractivity contribution in [3.05, 3.63) is 23.8 Å². The van der Waals surface area contributed by atoms with Crippen molar-refractivity contribution in [3.8, 4) is 0 Å². The van der Waals surface area contributed by atoms with E-state index in [0.29, 0.717) is 0 Å². The molecule has 1 aliphatic rings. The minimum atomic E-state index is -0.0410. The van der Waals surface area contributed by atoms with Crippen LogP contribution in [-0.4, -0.2) is 21.7 Å². The third-order valence-electron chi connectivity index (χ3n) is 2.48. The molecule has 0 saturated heterocycles. The number of aromatic nitrogens is 2. The van der Waals surface area contributed by atoms with Crippen molar-refractivity contribution in [2.75, 3.05) is 6.61 Å². The summed E-state index contributed by atoms with van der Waals surface area (Å²) in [6.45, 7) is 2.11. The van der Waals surface area contributed by atoms with Gasteiger partial charge in [-0.1, -0.05) is 0 Å². The van der Waals surface area contributed by atoms with Gasteiger partial charge in [-0.05, 0) is 19.8 Å². The van der Waals surface area contributed by atoms with Gasteiger partial charge >= 0.3 is 0 Å². The summed E-state index contributed by atoms with van der Waals surface area (Å²) in [7, 11) is 0. The zero-order chi connectivity index (χ0) is 8.60. The lowest BCUT2D eigenvalue weighted by molar-refractivity contribution is 0.252. The lowest BCUT2D eigenvalue weighted by Crippen LogP contribution is -2.14. The van der Waals surface area contributed by atoms with Crippen molar-refractivity contribution in [1.82, 2.24) is 9.97 Å². The maximum atomic E-state index is 9.11. The number of rotatable bonds is 2. The highest BCUT2D eigenvalue weighted by Crippen LogP contribution is 2.46. The largest absolute Gasteiger partial charge is 0.395 e. The van der Waals surface area contributed by atoms with E-state index in [1.54, 1.807) is 12.4 Å². The van der Waals surface area contributed by atoms with E-state index in [-0.39, 0.29) is 12.0 Å². The van der Waals surface area contributed by atoms with E-state index in [1.807, 2.05) is 6.92 Å². The van der Waals surface area contributed by atoms with Crippen LogP contribution in [0.2, 0.25) is 0 Å². The molecule has 0 aliphatic heterocycles. The molecule has 3 nitrogen and oxygen atoms in total. The van der Waals surface area contributed by atoms with E-state index in [0.717, 1.165) is 24.2 Å². The molecule has 1 aromatic rings. The molecule has 0 amide bonds. The maximum Gasteiger partial charge on any atom is 0.0671 e. The third kappa shape index (κ3) is 1.10. The molecule has 0 unspecified atom stereocenters. The Kier molecular flexibility index (Phi) is 1.61. The standard InChI is InChI=1S/C9H12N2O/c1-7-4-11-8(5-10-7)9(6-12)2-3-9/h4-5,12H,2-3,6H2,1H3. The van der Waals surface area contributed by atoms with Crippen LogP contribution < -0.4 is 0 Å². The van der Waals surface area contributed by atoms with Crippen molar-refractivity contribution in [2.45, 2.75) is 25.2 Å². The summed E-state index contributed by atoms with van der Waals surface area (Å²) < 4.78 is 0. The Hall–Kier alpha value is -0.960. The molecule has 0 aromatic carbocycles. The van der Waals surface area contributed by atoms with Crippen LogP contribution in [0.5, 0.6) is 0 Å². The molecule has 0 spiro atoms. The fraction of sp³-hybridized carbons (Fsp3) is 0.556. The SMILES string of the molecule is Cc1cnc(C2(CO)CC2)cn1. The summed E-state index contributed by atoms with van der Waals surface area (Å²) in [5.74, 6) is 0. The van der Waals surface area contributed by atoms with Crippen LogP contribution in [0.1, 0.15) is 24.2 Å². The maximum absolute atomic E-state index is 9.11. The Labute approximate surface area is 71.5 Å². The van der Waals surface area contributed by atoms with Crippen LogP contribution in [0, 0.1) is 6.92 Å². The molecule has 1 N–H and O–H groups in total. The second-order valence-corrected chi connectivity index (χ2v) is 3.48. The molecule has 3 heteroatoms. The molecule has 1 aromatic heterocycles. The molecule has 1 aliphatic carbocycles. The second kappa shape index (κ2) is 2.52. The van der Waals surface area contributed by atoms with Gasteiger partial charge in [0.25, 0.3) is 0 Å². The Morgan fingerprint density at radius 2 is 2.17 bits per heavy atom. The number of nitrogens with zero attached hydrogens (tertiary/aromatic N) is 2. The van der Waals surface area contributed by atoms with Gasteiger partial charge in [0.15, 0.2) is 0 Å². The Balaban J connectivity index is 2.29. The van der Waals surface area contributed by atoms with E-state index in [9.17, 15) is 0 Å². The molecule has 1 heterocycles. The fourth-order valence-corrected chi connectivity index (χ4v) is 1.31. The van der Waals surface area contributed by atoms with E-state index in [2.05, 4.69) is 9.97 Å². The van der Waals surface area contributed by atoms with Gasteiger partial charge < -0.3 is 5.11 Å². The lowest BCUT2D eigenvalue weighted by atomic mass is 10.1. The van der Waals surface area contributed by atoms with Gasteiger partial charge in [0, 0.05) is 17.8 Å². The van der Waals surface area contributed by atoms with Crippen LogP contribution in [0.4, 0.5) is 0 Å². The predicted molar refractivity (Wildman–Crippen MR) is 44.8 cm³/mol. The average Bonchev–Trinajstić information content (AvgIpc) is 2.86. The predicted octanol–water partition coefficient (Wildman–Crippen LogP) is 0.809. The monoisotopic (exact) mass is 164 g/mol. The molecule has 1 fully saturated rings. The smallest absolute Gasteiger partial charge is 0.0671 e. The summed E-state index contributed by atoms with van der Waals surface area (Å²) in [5.41, 5.74) is 1.82. The molecule has 2 rings (SSSR count). The highest BCUT2D eigenvalue weighted by Gasteiger charge is 2.45. The van der Waals surface area contributed by atoms with E-state index in [4.69, 9.17) is 5.11 Å². The Morgan fingerprint density at radius 1 is 1.42 bits per heavy atom. The number of hydrogen-bond acceptors (Lipinski definition) is 3. The normalized spacial score (nSPS) is 19.2. The van der Waals surface area contributed by atoms with Crippen molar-refractivity contribution in [2.24, 2.45) is 0 Å². The highest BCUT2D eigenvalue weighted by molar-refractivity contribution is 5.22. The summed E-state index contributed by atoms with van der Waals surface area (Å²) >= 11 is 0. The molecule has 1 saturated carbocycles. The zero-order valence-corrected chi connectivity index (χ0v) is 7.12. The molecule has 0 atom stereocenters. The van der Waals surface area contributed by atoms with Crippen LogP contribution in [0.25, 0.3) is 0 Å². The minimum Gasteiger partial charge on any atom is -0.395 e. The van der Waals surface area contributed by atoms with Crippen molar-refractivity contribution >= 4 is 0 Å². The van der Waals surface area contributed by atoms with E-state index >= 15 is 0 Å². The van der Waals surface area contributed by atoms with Crippen LogP contribution in [0.15, 0.2) is 12.4 Å². The minimum absolute atomic E-state index is 0.0410. The topological polar surface area (TPSA) is 46.0 Å². The third-order valence-corrected chi connectivity index (χ3v) is 2.48. The summed E-state index contributed by atoms with van der Waals surface area (Å²) in [6, 6.07) is 0. The van der Waals surface area contributed by atoms with Crippen LogP contribution in [-0.2, 0) is 5.41 Å². The second-order valence-electron chi connectivity index (χ2n) is 3.48. The molecular weight excluding hydrogens is 152 g/mol. The summed E-state index contributed by atoms with van der Waals surface area (Å²) in [4.78, 5) is 8.42. The molecule has 0 bridgehead atoms. The number of hydrogen-bond donors (Lipinski definition) is 1. The van der Waals surface area contributed by atoms with Crippen molar-refractivity contribution in [3.63, 3.8) is 0 Å². The summed E-state index contributed by atoms with van der Waals surface area (Å²) in [6.07, 6.45) is 5.62. The number of aliphatic hydroxyl groups is 1. The molecule has 0 radical (unpaired) electrons. The molecular formula is C9H12N2O. The first-order valence-corrected chi connectivity index (χ1v) is 4.17.